The SMILES string of the molecule is C=C(C)COS(=O)(=O)Oc1ccccc1. The lowest BCUT2D eigenvalue weighted by Crippen LogP contribution is -2.14. The molecule has 15 heavy (non-hydrogen) atoms. The van der Waals surface area contributed by atoms with Crippen molar-refractivity contribution in [3.8, 4) is 5.75 Å². The molecule has 0 unspecified atom stereocenters. The molecule has 0 bridgehead atoms. The fourth-order valence-corrected chi connectivity index (χ4v) is 1.53. The molecule has 82 valence electrons. The van der Waals surface area contributed by atoms with Gasteiger partial charge in [-0.25, -0.2) is 4.18 Å². The van der Waals surface area contributed by atoms with Crippen LogP contribution in [0.1, 0.15) is 6.92 Å². The van der Waals surface area contributed by atoms with Crippen molar-refractivity contribution in [2.24, 2.45) is 0 Å². The Morgan fingerprint density at radius 3 is 2.47 bits per heavy atom. The number of benzene rings is 1. The number of hydrogen-bond acceptors (Lipinski definition) is 4. The van der Waals surface area contributed by atoms with Crippen LogP contribution >= 0.6 is 0 Å². The molecule has 0 amide bonds. The molecule has 0 saturated carbocycles. The number of hydrogen-bond donors (Lipinski definition) is 0. The molecule has 0 aromatic heterocycles. The molecule has 4 nitrogen and oxygen atoms in total. The van der Waals surface area contributed by atoms with Gasteiger partial charge in [0.15, 0.2) is 0 Å². The first-order chi connectivity index (χ1) is 6.99. The summed E-state index contributed by atoms with van der Waals surface area (Å²) < 4.78 is 31.6. The molecule has 0 N–H and O–H groups in total. The average Bonchev–Trinajstić information content (AvgIpc) is 2.16. The molecule has 0 saturated heterocycles. The molecule has 1 aromatic rings. The van der Waals surface area contributed by atoms with Crippen molar-refractivity contribution in [2.45, 2.75) is 6.92 Å². The third-order valence-electron chi connectivity index (χ3n) is 1.39. The molecule has 0 aliphatic rings. The predicted octanol–water partition coefficient (Wildman–Crippen LogP) is 1.90. The Kier molecular flexibility index (Phi) is 3.88. The van der Waals surface area contributed by atoms with E-state index in [0.29, 0.717) is 5.57 Å². The molecule has 0 atom stereocenters. The largest absolute Gasteiger partial charge is 0.449 e. The fraction of sp³-hybridized carbons (Fsp3) is 0.200. The van der Waals surface area contributed by atoms with E-state index in [2.05, 4.69) is 14.9 Å². The smallest absolute Gasteiger partial charge is 0.362 e. The standard InChI is InChI=1S/C10H12O4S/c1-9(2)8-13-15(11,12)14-10-6-4-3-5-7-10/h3-7H,1,8H2,2H3. The van der Waals surface area contributed by atoms with Crippen molar-refractivity contribution in [3.63, 3.8) is 0 Å². The quantitative estimate of drug-likeness (QED) is 0.722. The maximum absolute atomic E-state index is 11.2. The normalized spacial score (nSPS) is 11.0. The van der Waals surface area contributed by atoms with Crippen LogP contribution in [0.2, 0.25) is 0 Å². The molecule has 0 fully saturated rings. The van der Waals surface area contributed by atoms with Crippen LogP contribution in [0.25, 0.3) is 0 Å². The Balaban J connectivity index is 2.61. The summed E-state index contributed by atoms with van der Waals surface area (Å²) in [4.78, 5) is 0. The minimum Gasteiger partial charge on any atom is -0.362 e. The van der Waals surface area contributed by atoms with Crippen LogP contribution in [-0.2, 0) is 14.6 Å². The first-order valence-corrected chi connectivity index (χ1v) is 5.61. The van der Waals surface area contributed by atoms with E-state index in [4.69, 9.17) is 0 Å². The minimum absolute atomic E-state index is 0.0742. The third-order valence-corrected chi connectivity index (χ3v) is 2.19. The van der Waals surface area contributed by atoms with Gasteiger partial charge < -0.3 is 4.18 Å². The van der Waals surface area contributed by atoms with E-state index >= 15 is 0 Å². The van der Waals surface area contributed by atoms with Crippen molar-refractivity contribution >= 4 is 10.4 Å². The van der Waals surface area contributed by atoms with Gasteiger partial charge in [-0.3, -0.25) is 0 Å². The molecule has 0 radical (unpaired) electrons. The van der Waals surface area contributed by atoms with E-state index in [1.165, 1.54) is 12.1 Å². The number of para-hydroxylation sites is 1. The predicted molar refractivity (Wildman–Crippen MR) is 56.8 cm³/mol. The second-order valence-electron chi connectivity index (χ2n) is 3.02. The van der Waals surface area contributed by atoms with Gasteiger partial charge in [0.25, 0.3) is 0 Å². The summed E-state index contributed by atoms with van der Waals surface area (Å²) in [5, 5.41) is 0. The zero-order valence-corrected chi connectivity index (χ0v) is 9.16. The van der Waals surface area contributed by atoms with Gasteiger partial charge in [0.1, 0.15) is 5.75 Å². The maximum atomic E-state index is 11.2. The van der Waals surface area contributed by atoms with Gasteiger partial charge in [-0.1, -0.05) is 30.4 Å². The Bertz CT molecular complexity index is 422. The van der Waals surface area contributed by atoms with Crippen molar-refractivity contribution in [2.75, 3.05) is 6.61 Å². The Hall–Kier alpha value is -1.33. The molecular formula is C10H12O4S. The highest BCUT2D eigenvalue weighted by atomic mass is 32.3. The van der Waals surface area contributed by atoms with Crippen LogP contribution in [-0.4, -0.2) is 15.0 Å². The van der Waals surface area contributed by atoms with Crippen molar-refractivity contribution in [3.05, 3.63) is 42.5 Å². The molecule has 0 aliphatic carbocycles. The summed E-state index contributed by atoms with van der Waals surface area (Å²) in [5.41, 5.74) is 0.607. The highest BCUT2D eigenvalue weighted by Gasteiger charge is 2.12. The fourth-order valence-electron chi connectivity index (χ4n) is 0.791. The van der Waals surface area contributed by atoms with Crippen LogP contribution in [0, 0.1) is 0 Å². The first-order valence-electron chi connectivity index (χ1n) is 4.28. The monoisotopic (exact) mass is 228 g/mol. The van der Waals surface area contributed by atoms with Crippen molar-refractivity contribution in [1.29, 1.82) is 0 Å². The second kappa shape index (κ2) is 4.95. The van der Waals surface area contributed by atoms with Crippen LogP contribution in [0.5, 0.6) is 5.75 Å². The summed E-state index contributed by atoms with van der Waals surface area (Å²) >= 11 is 0. The van der Waals surface area contributed by atoms with Gasteiger partial charge in [0, 0.05) is 0 Å². The summed E-state index contributed by atoms with van der Waals surface area (Å²) in [6.45, 7) is 5.11. The van der Waals surface area contributed by atoms with E-state index in [1.807, 2.05) is 0 Å². The highest BCUT2D eigenvalue weighted by molar-refractivity contribution is 7.82. The van der Waals surface area contributed by atoms with Gasteiger partial charge in [-0.2, -0.15) is 8.42 Å². The highest BCUT2D eigenvalue weighted by Crippen LogP contribution is 2.12. The van der Waals surface area contributed by atoms with E-state index in [1.54, 1.807) is 25.1 Å². The van der Waals surface area contributed by atoms with Gasteiger partial charge in [0.2, 0.25) is 0 Å². The van der Waals surface area contributed by atoms with Crippen LogP contribution in [0.15, 0.2) is 42.5 Å². The van der Waals surface area contributed by atoms with Crippen LogP contribution < -0.4 is 4.18 Å². The molecular weight excluding hydrogens is 216 g/mol. The summed E-state index contributed by atoms with van der Waals surface area (Å²) in [6, 6.07) is 8.16. The third kappa shape index (κ3) is 4.62. The Morgan fingerprint density at radius 1 is 1.33 bits per heavy atom. The van der Waals surface area contributed by atoms with E-state index in [-0.39, 0.29) is 12.4 Å². The lowest BCUT2D eigenvalue weighted by molar-refractivity contribution is 0.295. The van der Waals surface area contributed by atoms with Crippen LogP contribution in [0.4, 0.5) is 0 Å². The summed E-state index contributed by atoms with van der Waals surface area (Å²) in [5.74, 6) is 0.221. The lowest BCUT2D eigenvalue weighted by atomic mass is 10.3. The maximum Gasteiger partial charge on any atom is 0.449 e. The zero-order chi connectivity index (χ0) is 11.3. The van der Waals surface area contributed by atoms with Gasteiger partial charge >= 0.3 is 10.4 Å². The number of rotatable bonds is 5. The van der Waals surface area contributed by atoms with Gasteiger partial charge in [-0.15, -0.1) is 0 Å². The Morgan fingerprint density at radius 2 is 1.93 bits per heavy atom. The summed E-state index contributed by atoms with van der Waals surface area (Å²) in [6.07, 6.45) is 0. The topological polar surface area (TPSA) is 52.6 Å². The molecule has 0 spiro atoms. The molecule has 0 aliphatic heterocycles. The molecule has 0 heterocycles. The summed E-state index contributed by atoms with van der Waals surface area (Å²) in [7, 11) is -3.99. The average molecular weight is 228 g/mol. The van der Waals surface area contributed by atoms with E-state index in [9.17, 15) is 8.42 Å². The zero-order valence-electron chi connectivity index (χ0n) is 8.34. The minimum atomic E-state index is -3.99. The molecule has 1 aromatic carbocycles. The lowest BCUT2D eigenvalue weighted by Gasteiger charge is -2.06. The van der Waals surface area contributed by atoms with Crippen molar-refractivity contribution < 1.29 is 16.8 Å². The second-order valence-corrected chi connectivity index (χ2v) is 4.24. The van der Waals surface area contributed by atoms with Gasteiger partial charge in [0.05, 0.1) is 6.61 Å². The van der Waals surface area contributed by atoms with Crippen molar-refractivity contribution in [1.82, 2.24) is 0 Å². The van der Waals surface area contributed by atoms with Gasteiger partial charge in [-0.05, 0) is 19.1 Å². The van der Waals surface area contributed by atoms with E-state index in [0.717, 1.165) is 0 Å². The molecule has 5 heteroatoms. The molecule has 1 rings (SSSR count). The Labute approximate surface area is 89.5 Å². The van der Waals surface area contributed by atoms with Crippen LogP contribution in [0.3, 0.4) is 0 Å². The first kappa shape index (κ1) is 11.7. The van der Waals surface area contributed by atoms with E-state index < -0.39 is 10.4 Å².